The number of nitrogens with one attached hydrogen (secondary N) is 2. The predicted octanol–water partition coefficient (Wildman–Crippen LogP) is 4.82. The zero-order valence-electron chi connectivity index (χ0n) is 21.5. The van der Waals surface area contributed by atoms with E-state index in [0.717, 1.165) is 65.8 Å². The fourth-order valence-corrected chi connectivity index (χ4v) is 4.60. The van der Waals surface area contributed by atoms with Crippen molar-refractivity contribution in [3.05, 3.63) is 65.1 Å². The van der Waals surface area contributed by atoms with Gasteiger partial charge in [0.2, 0.25) is 0 Å². The van der Waals surface area contributed by atoms with E-state index in [4.69, 9.17) is 19.4 Å². The third-order valence-electron chi connectivity index (χ3n) is 6.28. The zero-order valence-corrected chi connectivity index (χ0v) is 21.5. The lowest BCUT2D eigenvalue weighted by Crippen LogP contribution is -2.24. The summed E-state index contributed by atoms with van der Waals surface area (Å²) in [6, 6.07) is 12.4. The Hall–Kier alpha value is -3.58. The number of nitrogens with zero attached hydrogens (tertiary/aromatic N) is 3. The minimum atomic E-state index is 0.753. The number of aryl methyl sites for hydroxylation is 4. The topological polar surface area (TPSA) is 73.2 Å². The number of benzene rings is 2. The van der Waals surface area contributed by atoms with E-state index in [0.29, 0.717) is 0 Å². The molecule has 4 rings (SSSR count). The lowest BCUT2D eigenvalue weighted by atomic mass is 9.96. The summed E-state index contributed by atoms with van der Waals surface area (Å²) in [5, 5.41) is 7.04. The molecule has 4 aromatic rings. The van der Waals surface area contributed by atoms with Crippen molar-refractivity contribution in [2.75, 3.05) is 39.2 Å². The van der Waals surface area contributed by atoms with Gasteiger partial charge < -0.3 is 24.7 Å². The van der Waals surface area contributed by atoms with Crippen LogP contribution >= 0.6 is 0 Å². The molecule has 184 valence electrons. The molecule has 0 bridgehead atoms. The molecule has 0 saturated carbocycles. The maximum Gasteiger partial charge on any atom is 0.154 e. The zero-order chi connectivity index (χ0) is 24.9. The fourth-order valence-electron chi connectivity index (χ4n) is 4.60. The molecule has 0 atom stereocenters. The van der Waals surface area contributed by atoms with E-state index in [-0.39, 0.29) is 0 Å². The van der Waals surface area contributed by atoms with Crippen LogP contribution in [0, 0.1) is 20.8 Å². The summed E-state index contributed by atoms with van der Waals surface area (Å²) < 4.78 is 12.8. The van der Waals surface area contributed by atoms with Gasteiger partial charge in [-0.1, -0.05) is 12.1 Å². The number of hydrogen-bond acceptors (Lipinski definition) is 6. The monoisotopic (exact) mass is 473 g/mol. The number of ether oxygens (including phenoxy) is 2. The highest BCUT2D eigenvalue weighted by Gasteiger charge is 2.19. The number of rotatable bonds is 10. The third kappa shape index (κ3) is 5.41. The van der Waals surface area contributed by atoms with Gasteiger partial charge in [-0.05, 0) is 80.3 Å². The molecular weight excluding hydrogens is 438 g/mol. The fraction of sp³-hybridized carbons (Fsp3) is 0.357. The molecule has 0 saturated heterocycles. The molecule has 2 heterocycles. The van der Waals surface area contributed by atoms with Crippen LogP contribution in [0.5, 0.6) is 11.5 Å². The van der Waals surface area contributed by atoms with Crippen molar-refractivity contribution in [3.63, 3.8) is 0 Å². The van der Waals surface area contributed by atoms with Crippen molar-refractivity contribution in [2.45, 2.75) is 27.2 Å². The van der Waals surface area contributed by atoms with E-state index in [1.54, 1.807) is 14.2 Å². The second-order valence-electron chi connectivity index (χ2n) is 8.88. The highest BCUT2D eigenvalue weighted by atomic mass is 16.5. The van der Waals surface area contributed by atoms with Gasteiger partial charge in [0.05, 0.1) is 14.2 Å². The summed E-state index contributed by atoms with van der Waals surface area (Å²) in [4.78, 5) is 9.55. The van der Waals surface area contributed by atoms with Gasteiger partial charge in [-0.3, -0.25) is 0 Å². The molecule has 7 heteroatoms. The summed E-state index contributed by atoms with van der Waals surface area (Å²) >= 11 is 0. The standard InChI is InChI=1S/C28H35N5O2/c1-18-15-23(35-6)16-19(2)25(18)24-17-33(4)27-26(24)31-20(3)32-28(27)30-14-13-29-12-11-21-7-9-22(34-5)10-8-21/h7-10,15-17,29H,11-14H2,1-6H3,(H,30,31,32). The first-order valence-corrected chi connectivity index (χ1v) is 12.0. The molecule has 7 nitrogen and oxygen atoms in total. The number of aromatic nitrogens is 3. The Morgan fingerprint density at radius 1 is 0.857 bits per heavy atom. The van der Waals surface area contributed by atoms with Gasteiger partial charge in [0, 0.05) is 31.9 Å². The molecule has 0 radical (unpaired) electrons. The Bertz CT molecular complexity index is 1290. The van der Waals surface area contributed by atoms with Crippen LogP contribution in [0.15, 0.2) is 42.6 Å². The Morgan fingerprint density at radius 3 is 2.20 bits per heavy atom. The minimum Gasteiger partial charge on any atom is -0.497 e. The van der Waals surface area contributed by atoms with Crippen molar-refractivity contribution >= 4 is 16.9 Å². The quantitative estimate of drug-likeness (QED) is 0.322. The molecule has 0 aliphatic rings. The van der Waals surface area contributed by atoms with Crippen LogP contribution in [-0.2, 0) is 13.5 Å². The van der Waals surface area contributed by atoms with E-state index in [2.05, 4.69) is 66.6 Å². The van der Waals surface area contributed by atoms with Crippen LogP contribution < -0.4 is 20.1 Å². The molecule has 0 amide bonds. The minimum absolute atomic E-state index is 0.753. The molecule has 2 aromatic heterocycles. The van der Waals surface area contributed by atoms with Gasteiger partial charge in [-0.25, -0.2) is 9.97 Å². The average Bonchev–Trinajstić information content (AvgIpc) is 3.16. The SMILES string of the molecule is COc1ccc(CCNCCNc2nc(C)nc3c(-c4c(C)cc(OC)cc4C)cn(C)c23)cc1. The van der Waals surface area contributed by atoms with Gasteiger partial charge in [0.1, 0.15) is 28.4 Å². The second kappa shape index (κ2) is 10.8. The van der Waals surface area contributed by atoms with Crippen LogP contribution in [0.4, 0.5) is 5.82 Å². The summed E-state index contributed by atoms with van der Waals surface area (Å²) in [5.74, 6) is 3.38. The molecule has 0 aliphatic heterocycles. The Labute approximate surface area is 207 Å². The van der Waals surface area contributed by atoms with Gasteiger partial charge >= 0.3 is 0 Å². The van der Waals surface area contributed by atoms with Gasteiger partial charge in [-0.2, -0.15) is 0 Å². The first kappa shape index (κ1) is 24.5. The maximum absolute atomic E-state index is 5.45. The Balaban J connectivity index is 1.46. The van der Waals surface area contributed by atoms with Crippen LogP contribution in [0.3, 0.4) is 0 Å². The molecule has 0 aliphatic carbocycles. The van der Waals surface area contributed by atoms with Crippen LogP contribution in [0.1, 0.15) is 22.5 Å². The lowest BCUT2D eigenvalue weighted by Gasteiger charge is -2.12. The highest BCUT2D eigenvalue weighted by molar-refractivity contribution is 5.99. The van der Waals surface area contributed by atoms with E-state index in [9.17, 15) is 0 Å². The Morgan fingerprint density at radius 2 is 1.54 bits per heavy atom. The molecule has 2 aromatic carbocycles. The first-order valence-electron chi connectivity index (χ1n) is 12.0. The smallest absolute Gasteiger partial charge is 0.154 e. The van der Waals surface area contributed by atoms with Crippen molar-refractivity contribution in [3.8, 4) is 22.6 Å². The van der Waals surface area contributed by atoms with E-state index < -0.39 is 0 Å². The molecule has 35 heavy (non-hydrogen) atoms. The van der Waals surface area contributed by atoms with E-state index in [1.807, 2.05) is 19.1 Å². The van der Waals surface area contributed by atoms with Gasteiger partial charge in [0.25, 0.3) is 0 Å². The van der Waals surface area contributed by atoms with Crippen LogP contribution in [0.25, 0.3) is 22.2 Å². The third-order valence-corrected chi connectivity index (χ3v) is 6.28. The van der Waals surface area contributed by atoms with Gasteiger partial charge in [0.15, 0.2) is 5.82 Å². The summed E-state index contributed by atoms with van der Waals surface area (Å²) in [6.45, 7) is 8.71. The average molecular weight is 474 g/mol. The first-order chi connectivity index (χ1) is 16.9. The Kier molecular flexibility index (Phi) is 7.56. The van der Waals surface area contributed by atoms with Crippen LogP contribution in [-0.4, -0.2) is 48.4 Å². The summed E-state index contributed by atoms with van der Waals surface area (Å²) in [5.41, 5.74) is 7.92. The predicted molar refractivity (Wildman–Crippen MR) is 143 cm³/mol. The largest absolute Gasteiger partial charge is 0.497 e. The number of fused-ring (bicyclic) bond motifs is 1. The van der Waals surface area contributed by atoms with Crippen molar-refractivity contribution in [1.82, 2.24) is 19.9 Å². The normalized spacial score (nSPS) is 11.1. The number of anilines is 1. The number of methoxy groups -OCH3 is 2. The second-order valence-corrected chi connectivity index (χ2v) is 8.88. The molecule has 0 unspecified atom stereocenters. The molecule has 2 N–H and O–H groups in total. The van der Waals surface area contributed by atoms with Gasteiger partial charge in [-0.15, -0.1) is 0 Å². The summed E-state index contributed by atoms with van der Waals surface area (Å²) in [7, 11) is 5.44. The van der Waals surface area contributed by atoms with Crippen molar-refractivity contribution < 1.29 is 9.47 Å². The van der Waals surface area contributed by atoms with Crippen molar-refractivity contribution in [2.24, 2.45) is 7.05 Å². The molecular formula is C28H35N5O2. The van der Waals surface area contributed by atoms with E-state index >= 15 is 0 Å². The van der Waals surface area contributed by atoms with E-state index in [1.165, 1.54) is 22.3 Å². The lowest BCUT2D eigenvalue weighted by molar-refractivity contribution is 0.414. The maximum atomic E-state index is 5.45. The highest BCUT2D eigenvalue weighted by Crippen LogP contribution is 2.37. The molecule has 0 fully saturated rings. The molecule has 0 spiro atoms. The number of hydrogen-bond donors (Lipinski definition) is 2. The summed E-state index contributed by atoms with van der Waals surface area (Å²) in [6.07, 6.45) is 3.13. The van der Waals surface area contributed by atoms with Crippen molar-refractivity contribution in [1.29, 1.82) is 0 Å². The van der Waals surface area contributed by atoms with Crippen LogP contribution in [0.2, 0.25) is 0 Å².